The van der Waals surface area contributed by atoms with Crippen LogP contribution < -0.4 is 4.90 Å². The van der Waals surface area contributed by atoms with Crippen LogP contribution in [0.25, 0.3) is 0 Å². The number of hydrogen-bond donors (Lipinski definition) is 0. The summed E-state index contributed by atoms with van der Waals surface area (Å²) in [5.41, 5.74) is 0. The Labute approximate surface area is 103 Å². The Morgan fingerprint density at radius 2 is 2.40 bits per heavy atom. The molecule has 3 nitrogen and oxygen atoms in total. The predicted molar refractivity (Wildman–Crippen MR) is 68.0 cm³/mol. The highest BCUT2D eigenvalue weighted by Crippen LogP contribution is 2.27. The monoisotopic (exact) mass is 289 g/mol. The summed E-state index contributed by atoms with van der Waals surface area (Å²) < 4.78 is 4.26. The molecule has 0 spiro atoms. The minimum Gasteiger partial charge on any atom is -0.344 e. The molecular formula is C10H16BrN3S. The molecule has 0 N–H and O–H groups in total. The van der Waals surface area contributed by atoms with Gasteiger partial charge in [0.15, 0.2) is 0 Å². The summed E-state index contributed by atoms with van der Waals surface area (Å²) in [6.45, 7) is 3.11. The molecule has 0 aliphatic carbocycles. The molecule has 1 aromatic rings. The normalized spacial score (nSPS) is 22.0. The van der Waals surface area contributed by atoms with Gasteiger partial charge in [-0.15, -0.1) is 0 Å². The van der Waals surface area contributed by atoms with Gasteiger partial charge >= 0.3 is 0 Å². The van der Waals surface area contributed by atoms with Crippen molar-refractivity contribution in [2.45, 2.75) is 38.6 Å². The lowest BCUT2D eigenvalue weighted by Crippen LogP contribution is -2.39. The number of alkyl halides is 1. The summed E-state index contributed by atoms with van der Waals surface area (Å²) in [5.74, 6) is 0.901. The van der Waals surface area contributed by atoms with Gasteiger partial charge in [-0.2, -0.15) is 4.37 Å². The Hall–Kier alpha value is -0.160. The Morgan fingerprint density at radius 3 is 3.07 bits per heavy atom. The molecule has 0 amide bonds. The van der Waals surface area contributed by atoms with Gasteiger partial charge in [-0.3, -0.25) is 0 Å². The maximum atomic E-state index is 4.48. The summed E-state index contributed by atoms with van der Waals surface area (Å²) in [7, 11) is 0. The largest absolute Gasteiger partial charge is 0.344 e. The molecule has 2 rings (SSSR count). The fourth-order valence-corrected chi connectivity index (χ4v) is 3.38. The lowest BCUT2D eigenvalue weighted by atomic mass is 10.0. The molecule has 5 heteroatoms. The standard InChI is InChI=1S/C10H16BrN3S/c1-8-12-10(15-13-8)14-7-3-2-4-9(14)5-6-11/h9H,2-7H2,1H3. The van der Waals surface area contributed by atoms with Gasteiger partial charge < -0.3 is 4.90 Å². The van der Waals surface area contributed by atoms with Gasteiger partial charge in [0, 0.05) is 29.4 Å². The van der Waals surface area contributed by atoms with Gasteiger partial charge in [-0.25, -0.2) is 4.98 Å². The van der Waals surface area contributed by atoms with Crippen LogP contribution in [-0.4, -0.2) is 27.3 Å². The smallest absolute Gasteiger partial charge is 0.205 e. The second-order valence-corrected chi connectivity index (χ2v) is 5.47. The van der Waals surface area contributed by atoms with E-state index in [-0.39, 0.29) is 0 Å². The second-order valence-electron chi connectivity index (χ2n) is 3.94. The number of halogens is 1. The van der Waals surface area contributed by atoms with Crippen LogP contribution >= 0.6 is 27.5 Å². The summed E-state index contributed by atoms with van der Waals surface area (Å²) in [5, 5.41) is 2.18. The van der Waals surface area contributed by atoms with Crippen LogP contribution in [0.5, 0.6) is 0 Å². The first kappa shape index (κ1) is 11.3. The van der Waals surface area contributed by atoms with Crippen LogP contribution in [-0.2, 0) is 0 Å². The number of aromatic nitrogens is 2. The van der Waals surface area contributed by atoms with Crippen LogP contribution in [0, 0.1) is 6.92 Å². The molecule has 84 valence electrons. The minimum atomic E-state index is 0.658. The Morgan fingerprint density at radius 1 is 1.53 bits per heavy atom. The van der Waals surface area contributed by atoms with Crippen molar-refractivity contribution in [1.29, 1.82) is 0 Å². The van der Waals surface area contributed by atoms with Gasteiger partial charge in [0.25, 0.3) is 0 Å². The summed E-state index contributed by atoms with van der Waals surface area (Å²) in [4.78, 5) is 6.92. The van der Waals surface area contributed by atoms with Crippen LogP contribution in [0.15, 0.2) is 0 Å². The van der Waals surface area contributed by atoms with Gasteiger partial charge in [0.05, 0.1) is 0 Å². The Bertz CT molecular complexity index is 313. The number of aryl methyl sites for hydroxylation is 1. The van der Waals surface area contributed by atoms with Gasteiger partial charge in [0.1, 0.15) is 5.82 Å². The quantitative estimate of drug-likeness (QED) is 0.801. The van der Waals surface area contributed by atoms with Crippen molar-refractivity contribution >= 4 is 32.6 Å². The van der Waals surface area contributed by atoms with E-state index in [1.54, 1.807) is 0 Å². The number of anilines is 1. The van der Waals surface area contributed by atoms with Crippen LogP contribution in [0.4, 0.5) is 5.13 Å². The van der Waals surface area contributed by atoms with Crippen molar-refractivity contribution in [3.8, 4) is 0 Å². The van der Waals surface area contributed by atoms with E-state index in [9.17, 15) is 0 Å². The fourth-order valence-electron chi connectivity index (χ4n) is 2.08. The average Bonchev–Trinajstić information content (AvgIpc) is 2.66. The van der Waals surface area contributed by atoms with Gasteiger partial charge in [0.2, 0.25) is 5.13 Å². The first-order chi connectivity index (χ1) is 7.31. The molecule has 0 bridgehead atoms. The number of rotatable bonds is 3. The molecule has 2 heterocycles. The third-order valence-electron chi connectivity index (χ3n) is 2.83. The summed E-state index contributed by atoms with van der Waals surface area (Å²) in [6, 6.07) is 0.658. The van der Waals surface area contributed by atoms with Crippen LogP contribution in [0.3, 0.4) is 0 Å². The number of piperidine rings is 1. The Kier molecular flexibility index (Phi) is 3.97. The Balaban J connectivity index is 2.10. The molecule has 1 atom stereocenters. The molecule has 0 aromatic carbocycles. The van der Waals surface area contributed by atoms with Gasteiger partial charge in [-0.1, -0.05) is 15.9 Å². The summed E-state index contributed by atoms with van der Waals surface area (Å²) >= 11 is 5.07. The molecule has 0 saturated carbocycles. The minimum absolute atomic E-state index is 0.658. The zero-order valence-corrected chi connectivity index (χ0v) is 11.4. The zero-order valence-electron chi connectivity index (χ0n) is 8.95. The molecular weight excluding hydrogens is 274 g/mol. The van der Waals surface area contributed by atoms with Crippen molar-refractivity contribution < 1.29 is 0 Å². The molecule has 1 fully saturated rings. The molecule has 1 aliphatic rings. The van der Waals surface area contributed by atoms with E-state index in [4.69, 9.17) is 0 Å². The SMILES string of the molecule is Cc1nsc(N2CCCCC2CCBr)n1. The van der Waals surface area contributed by atoms with Crippen molar-refractivity contribution in [3.63, 3.8) is 0 Å². The molecule has 1 aromatic heterocycles. The topological polar surface area (TPSA) is 29.0 Å². The first-order valence-corrected chi connectivity index (χ1v) is 7.33. The van der Waals surface area contributed by atoms with Crippen LogP contribution in [0.2, 0.25) is 0 Å². The van der Waals surface area contributed by atoms with E-state index in [0.29, 0.717) is 6.04 Å². The fraction of sp³-hybridized carbons (Fsp3) is 0.800. The third kappa shape index (κ3) is 2.69. The van der Waals surface area contributed by atoms with Crippen molar-refractivity contribution in [2.75, 3.05) is 16.8 Å². The third-order valence-corrected chi connectivity index (χ3v) is 4.13. The lowest BCUT2D eigenvalue weighted by molar-refractivity contribution is 0.452. The molecule has 1 saturated heterocycles. The molecule has 1 aliphatic heterocycles. The van der Waals surface area contributed by atoms with Crippen molar-refractivity contribution in [1.82, 2.24) is 9.36 Å². The zero-order chi connectivity index (χ0) is 10.7. The highest BCUT2D eigenvalue weighted by molar-refractivity contribution is 9.09. The van der Waals surface area contributed by atoms with E-state index in [1.165, 1.54) is 37.2 Å². The van der Waals surface area contributed by atoms with Crippen molar-refractivity contribution in [3.05, 3.63) is 5.82 Å². The van der Waals surface area contributed by atoms with E-state index in [1.807, 2.05) is 6.92 Å². The molecule has 15 heavy (non-hydrogen) atoms. The molecule has 0 radical (unpaired) electrons. The highest BCUT2D eigenvalue weighted by atomic mass is 79.9. The van der Waals surface area contributed by atoms with Gasteiger partial charge in [-0.05, 0) is 32.6 Å². The summed E-state index contributed by atoms with van der Waals surface area (Å²) in [6.07, 6.45) is 5.15. The molecule has 1 unspecified atom stereocenters. The predicted octanol–water partition coefficient (Wildman–Crippen LogP) is 2.99. The first-order valence-electron chi connectivity index (χ1n) is 5.44. The maximum Gasteiger partial charge on any atom is 0.205 e. The maximum absolute atomic E-state index is 4.48. The van der Waals surface area contributed by atoms with E-state index < -0.39 is 0 Å². The number of hydrogen-bond acceptors (Lipinski definition) is 4. The van der Waals surface area contributed by atoms with E-state index in [2.05, 4.69) is 30.2 Å². The average molecular weight is 290 g/mol. The number of nitrogens with zero attached hydrogens (tertiary/aromatic N) is 3. The van der Waals surface area contributed by atoms with Crippen LogP contribution in [0.1, 0.15) is 31.5 Å². The van der Waals surface area contributed by atoms with E-state index in [0.717, 1.165) is 22.8 Å². The second kappa shape index (κ2) is 5.25. The lowest BCUT2D eigenvalue weighted by Gasteiger charge is -2.35. The van der Waals surface area contributed by atoms with Crippen molar-refractivity contribution in [2.24, 2.45) is 0 Å². The highest BCUT2D eigenvalue weighted by Gasteiger charge is 2.24. The van der Waals surface area contributed by atoms with E-state index >= 15 is 0 Å².